The molecule has 0 bridgehead atoms. The highest BCUT2D eigenvalue weighted by molar-refractivity contribution is 7.90. The van der Waals surface area contributed by atoms with Gasteiger partial charge in [-0.2, -0.15) is 8.42 Å². The molecule has 1 aliphatic rings. The van der Waals surface area contributed by atoms with Crippen LogP contribution in [0.1, 0.15) is 5.56 Å². The fourth-order valence-corrected chi connectivity index (χ4v) is 3.83. The van der Waals surface area contributed by atoms with E-state index in [1.165, 1.54) is 0 Å². The number of benzene rings is 3. The predicted octanol–water partition coefficient (Wildman–Crippen LogP) is 3.40. The molecule has 0 spiro atoms. The summed E-state index contributed by atoms with van der Waals surface area (Å²) in [7, 11) is -3.60. The normalized spacial score (nSPS) is 15.4. The lowest BCUT2D eigenvalue weighted by molar-refractivity contribution is 0.599. The van der Waals surface area contributed by atoms with Crippen molar-refractivity contribution in [2.45, 2.75) is 4.90 Å². The van der Waals surface area contributed by atoms with E-state index in [-0.39, 0.29) is 4.90 Å². The molecule has 0 fully saturated rings. The smallest absolute Gasteiger partial charge is 0.285 e. The van der Waals surface area contributed by atoms with E-state index >= 15 is 0 Å². The summed E-state index contributed by atoms with van der Waals surface area (Å²) in [5, 5.41) is 5.27. The second kappa shape index (κ2) is 4.68. The lowest BCUT2D eigenvalue weighted by Gasteiger charge is -2.09. The van der Waals surface area contributed by atoms with E-state index in [0.717, 1.165) is 16.5 Å². The topological polar surface area (TPSA) is 58.5 Å². The van der Waals surface area contributed by atoms with Crippen LogP contribution >= 0.6 is 0 Å². The molecule has 4 rings (SSSR count). The van der Waals surface area contributed by atoms with E-state index in [4.69, 9.17) is 0 Å². The summed E-state index contributed by atoms with van der Waals surface area (Å²) < 4.78 is 28.0. The molecule has 0 saturated carbocycles. The van der Waals surface area contributed by atoms with Crippen LogP contribution in [0.15, 0.2) is 76.0 Å². The van der Waals surface area contributed by atoms with Crippen molar-refractivity contribution in [3.63, 3.8) is 0 Å². The zero-order valence-corrected chi connectivity index (χ0v) is 12.3. The van der Waals surface area contributed by atoms with Crippen LogP contribution in [-0.4, -0.2) is 14.3 Å². The number of nitrogens with zero attached hydrogens (tertiary/aromatic N) is 1. The van der Waals surface area contributed by atoms with Crippen LogP contribution in [0.2, 0.25) is 0 Å². The largest absolute Gasteiger partial charge is 0.339 e. The van der Waals surface area contributed by atoms with Crippen molar-refractivity contribution in [2.24, 2.45) is 4.40 Å². The molecule has 3 aromatic rings. The quantitative estimate of drug-likeness (QED) is 0.749. The van der Waals surface area contributed by atoms with E-state index in [1.807, 2.05) is 42.5 Å². The molecule has 0 atom stereocenters. The summed E-state index contributed by atoms with van der Waals surface area (Å²) in [4.78, 5) is 0.248. The van der Waals surface area contributed by atoms with Crippen LogP contribution in [-0.2, 0) is 10.0 Å². The van der Waals surface area contributed by atoms with Crippen molar-refractivity contribution in [2.75, 3.05) is 5.32 Å². The second-order valence-electron chi connectivity index (χ2n) is 5.06. The summed E-state index contributed by atoms with van der Waals surface area (Å²) >= 11 is 0. The number of rotatable bonds is 1. The van der Waals surface area contributed by atoms with Gasteiger partial charge >= 0.3 is 0 Å². The summed E-state index contributed by atoms with van der Waals surface area (Å²) in [6.45, 7) is 0. The van der Waals surface area contributed by atoms with Gasteiger partial charge in [0, 0.05) is 16.6 Å². The van der Waals surface area contributed by atoms with E-state index in [0.29, 0.717) is 11.4 Å². The van der Waals surface area contributed by atoms with E-state index in [9.17, 15) is 8.42 Å². The average molecular weight is 308 g/mol. The highest BCUT2D eigenvalue weighted by Crippen LogP contribution is 2.29. The van der Waals surface area contributed by atoms with Crippen LogP contribution in [0.25, 0.3) is 10.8 Å². The van der Waals surface area contributed by atoms with Crippen molar-refractivity contribution >= 4 is 32.3 Å². The number of amidine groups is 1. The van der Waals surface area contributed by atoms with Gasteiger partial charge in [-0.1, -0.05) is 48.5 Å². The maximum Gasteiger partial charge on any atom is 0.285 e. The molecule has 0 aliphatic carbocycles. The van der Waals surface area contributed by atoms with Gasteiger partial charge in [-0.15, -0.1) is 4.40 Å². The Morgan fingerprint density at radius 2 is 1.55 bits per heavy atom. The zero-order valence-electron chi connectivity index (χ0n) is 11.5. The minimum absolute atomic E-state index is 0.248. The summed E-state index contributed by atoms with van der Waals surface area (Å²) in [6.07, 6.45) is 0. The maximum atomic E-state index is 12.1. The third-order valence-corrected chi connectivity index (χ3v) is 5.01. The standard InChI is InChI=1S/C17H12N2O2S/c20-22(21)16-11-4-3-9-14(16)17(19-22)18-15-10-5-7-12-6-1-2-8-13(12)15/h1-11H,(H,18,19). The van der Waals surface area contributed by atoms with Gasteiger partial charge in [0.1, 0.15) is 4.90 Å². The van der Waals surface area contributed by atoms with E-state index < -0.39 is 10.0 Å². The van der Waals surface area contributed by atoms with Gasteiger partial charge in [0.05, 0.1) is 0 Å². The van der Waals surface area contributed by atoms with Gasteiger partial charge in [-0.05, 0) is 23.6 Å². The minimum atomic E-state index is -3.60. The fraction of sp³-hybridized carbons (Fsp3) is 0. The first-order valence-corrected chi connectivity index (χ1v) is 8.28. The monoisotopic (exact) mass is 308 g/mol. The summed E-state index contributed by atoms with van der Waals surface area (Å²) in [5.41, 5.74) is 1.44. The number of hydrogen-bond donors (Lipinski definition) is 1. The molecule has 22 heavy (non-hydrogen) atoms. The Labute approximate surface area is 128 Å². The maximum absolute atomic E-state index is 12.1. The van der Waals surface area contributed by atoms with Crippen molar-refractivity contribution in [3.05, 3.63) is 72.3 Å². The molecule has 4 nitrogen and oxygen atoms in total. The second-order valence-corrected chi connectivity index (χ2v) is 6.64. The zero-order chi connectivity index (χ0) is 15.2. The Morgan fingerprint density at radius 3 is 2.45 bits per heavy atom. The lowest BCUT2D eigenvalue weighted by Crippen LogP contribution is -2.11. The number of anilines is 1. The van der Waals surface area contributed by atoms with Gasteiger partial charge in [-0.3, -0.25) is 0 Å². The average Bonchev–Trinajstić information content (AvgIpc) is 2.79. The fourth-order valence-electron chi connectivity index (χ4n) is 2.66. The SMILES string of the molecule is O=S1(=O)N=C(Nc2cccc3ccccc23)c2ccccc21. The molecular weight excluding hydrogens is 296 g/mol. The molecule has 5 heteroatoms. The first-order valence-electron chi connectivity index (χ1n) is 6.84. The molecular formula is C17H12N2O2S. The van der Waals surface area contributed by atoms with E-state index in [1.54, 1.807) is 24.3 Å². The first-order chi connectivity index (χ1) is 10.6. The van der Waals surface area contributed by atoms with Crippen LogP contribution in [0, 0.1) is 0 Å². The molecule has 3 aromatic carbocycles. The molecule has 0 amide bonds. The third kappa shape index (κ3) is 1.98. The van der Waals surface area contributed by atoms with Crippen LogP contribution in [0.5, 0.6) is 0 Å². The number of fused-ring (bicyclic) bond motifs is 2. The Kier molecular flexibility index (Phi) is 2.77. The van der Waals surface area contributed by atoms with Gasteiger partial charge in [0.15, 0.2) is 5.84 Å². The van der Waals surface area contributed by atoms with E-state index in [2.05, 4.69) is 9.71 Å². The van der Waals surface area contributed by atoms with Gasteiger partial charge in [0.2, 0.25) is 0 Å². The highest BCUT2D eigenvalue weighted by atomic mass is 32.2. The molecule has 0 saturated heterocycles. The molecule has 0 aromatic heterocycles. The molecule has 0 unspecified atom stereocenters. The molecule has 108 valence electrons. The Bertz CT molecular complexity index is 1020. The van der Waals surface area contributed by atoms with Gasteiger partial charge < -0.3 is 5.32 Å². The minimum Gasteiger partial charge on any atom is -0.339 e. The van der Waals surface area contributed by atoms with Gasteiger partial charge in [-0.25, -0.2) is 0 Å². The molecule has 1 heterocycles. The lowest BCUT2D eigenvalue weighted by atomic mass is 10.1. The number of hydrogen-bond acceptors (Lipinski definition) is 3. The highest BCUT2D eigenvalue weighted by Gasteiger charge is 2.28. The Balaban J connectivity index is 1.85. The number of sulfonamides is 1. The van der Waals surface area contributed by atoms with Crippen LogP contribution < -0.4 is 5.32 Å². The van der Waals surface area contributed by atoms with Crippen molar-refractivity contribution in [1.82, 2.24) is 0 Å². The van der Waals surface area contributed by atoms with Gasteiger partial charge in [0.25, 0.3) is 10.0 Å². The van der Waals surface area contributed by atoms with Crippen molar-refractivity contribution in [3.8, 4) is 0 Å². The number of nitrogens with one attached hydrogen (secondary N) is 1. The molecule has 1 aliphatic heterocycles. The Hall–Kier alpha value is -2.66. The summed E-state index contributed by atoms with van der Waals surface area (Å²) in [5.74, 6) is 0.368. The Morgan fingerprint density at radius 1 is 0.818 bits per heavy atom. The molecule has 0 radical (unpaired) electrons. The molecule has 1 N–H and O–H groups in total. The van der Waals surface area contributed by atoms with Crippen LogP contribution in [0.3, 0.4) is 0 Å². The predicted molar refractivity (Wildman–Crippen MR) is 87.7 cm³/mol. The first kappa shape index (κ1) is 13.0. The third-order valence-electron chi connectivity index (χ3n) is 3.67. The van der Waals surface area contributed by atoms with Crippen molar-refractivity contribution < 1.29 is 8.42 Å². The van der Waals surface area contributed by atoms with Crippen LogP contribution in [0.4, 0.5) is 5.69 Å². The summed E-state index contributed by atoms with van der Waals surface area (Å²) in [6, 6.07) is 20.6. The van der Waals surface area contributed by atoms with Crippen molar-refractivity contribution in [1.29, 1.82) is 0 Å².